The Morgan fingerprint density at radius 3 is 1.24 bits per heavy atom. The summed E-state index contributed by atoms with van der Waals surface area (Å²) in [6, 6.07) is 2.51. The normalized spacial score (nSPS) is 13.9. The molecule has 0 aliphatic rings. The molecular weight excluding hydrogens is 340 g/mol. The van der Waals surface area contributed by atoms with Crippen LogP contribution in [0.1, 0.15) is 67.2 Å². The van der Waals surface area contributed by atoms with Crippen molar-refractivity contribution in [2.75, 3.05) is 13.2 Å². The van der Waals surface area contributed by atoms with Gasteiger partial charge < -0.3 is 8.85 Å². The van der Waals surface area contributed by atoms with Crippen molar-refractivity contribution in [3.63, 3.8) is 0 Å². The molecule has 0 fully saturated rings. The molecule has 0 heterocycles. The van der Waals surface area contributed by atoms with Gasteiger partial charge >= 0.3 is 0 Å². The van der Waals surface area contributed by atoms with Crippen LogP contribution >= 0.6 is 0 Å². The van der Waals surface area contributed by atoms with E-state index in [0.29, 0.717) is 11.8 Å². The van der Waals surface area contributed by atoms with Gasteiger partial charge in [0.05, 0.1) is 0 Å². The molecule has 0 amide bonds. The van der Waals surface area contributed by atoms with Gasteiger partial charge in [0.15, 0.2) is 16.6 Å². The standard InChI is InChI=1S/C21H48O2Si2/c1-11-13-24(7,8)22-17-21(15-19(3)4,16-20(5)6)18-23-25(9,10)14-12-2/h19-20H,11-18H2,1-10H3. The fraction of sp³-hybridized carbons (Fsp3) is 1.00. The summed E-state index contributed by atoms with van der Waals surface area (Å²) in [6.45, 7) is 25.2. The molecule has 0 N–H and O–H groups in total. The fourth-order valence-corrected chi connectivity index (χ4v) is 8.23. The lowest BCUT2D eigenvalue weighted by atomic mass is 9.75. The van der Waals surface area contributed by atoms with Crippen LogP contribution in [0.4, 0.5) is 0 Å². The highest BCUT2D eigenvalue weighted by Gasteiger charge is 2.37. The molecular formula is C21H48O2Si2. The molecule has 0 radical (unpaired) electrons. The van der Waals surface area contributed by atoms with Gasteiger partial charge in [0.25, 0.3) is 0 Å². The molecule has 2 nitrogen and oxygen atoms in total. The maximum Gasteiger partial charge on any atom is 0.186 e. The Hall–Kier alpha value is 0.354. The molecule has 0 saturated heterocycles. The Bertz CT molecular complexity index is 318. The van der Waals surface area contributed by atoms with Crippen LogP contribution in [0.5, 0.6) is 0 Å². The highest BCUT2D eigenvalue weighted by atomic mass is 28.4. The van der Waals surface area contributed by atoms with Crippen LogP contribution < -0.4 is 0 Å². The molecule has 0 saturated carbocycles. The largest absolute Gasteiger partial charge is 0.417 e. The molecule has 0 atom stereocenters. The summed E-state index contributed by atoms with van der Waals surface area (Å²) in [7, 11) is -3.10. The first-order valence-corrected chi connectivity index (χ1v) is 16.9. The summed E-state index contributed by atoms with van der Waals surface area (Å²) < 4.78 is 13.3. The number of hydrogen-bond donors (Lipinski definition) is 0. The smallest absolute Gasteiger partial charge is 0.186 e. The predicted octanol–water partition coefficient (Wildman–Crippen LogP) is 7.33. The summed E-state index contributed by atoms with van der Waals surface area (Å²) >= 11 is 0. The third-order valence-electron chi connectivity index (χ3n) is 4.92. The summed E-state index contributed by atoms with van der Waals surface area (Å²) in [6.07, 6.45) is 4.87. The molecule has 0 aliphatic carbocycles. The second-order valence-electron chi connectivity index (χ2n) is 10.3. The lowest BCUT2D eigenvalue weighted by Gasteiger charge is -2.41. The van der Waals surface area contributed by atoms with E-state index in [4.69, 9.17) is 8.85 Å². The van der Waals surface area contributed by atoms with Gasteiger partial charge in [-0.15, -0.1) is 0 Å². The van der Waals surface area contributed by atoms with Gasteiger partial charge in [-0.1, -0.05) is 54.4 Å². The Balaban J connectivity index is 5.27. The van der Waals surface area contributed by atoms with Crippen LogP contribution in [0.2, 0.25) is 38.3 Å². The summed E-state index contributed by atoms with van der Waals surface area (Å²) in [4.78, 5) is 0. The molecule has 0 aromatic rings. The van der Waals surface area contributed by atoms with E-state index in [1.165, 1.54) is 37.8 Å². The summed E-state index contributed by atoms with van der Waals surface area (Å²) in [5, 5.41) is 0. The van der Waals surface area contributed by atoms with Crippen molar-refractivity contribution in [2.24, 2.45) is 17.3 Å². The Kier molecular flexibility index (Phi) is 11.4. The van der Waals surface area contributed by atoms with Gasteiger partial charge in [-0.05, 0) is 63.0 Å². The van der Waals surface area contributed by atoms with Crippen molar-refractivity contribution in [3.8, 4) is 0 Å². The molecule has 0 aromatic heterocycles. The highest BCUT2D eigenvalue weighted by molar-refractivity contribution is 6.71. The maximum absolute atomic E-state index is 6.64. The van der Waals surface area contributed by atoms with Gasteiger partial charge in [0, 0.05) is 18.6 Å². The van der Waals surface area contributed by atoms with Crippen LogP contribution in [0.25, 0.3) is 0 Å². The summed E-state index contributed by atoms with van der Waals surface area (Å²) in [5.41, 5.74) is 0.179. The SMILES string of the molecule is CCC[Si](C)(C)OCC(CO[Si](C)(C)CCC)(CC(C)C)CC(C)C. The first-order chi connectivity index (χ1) is 11.4. The van der Waals surface area contributed by atoms with Crippen LogP contribution in [0, 0.1) is 17.3 Å². The van der Waals surface area contributed by atoms with Gasteiger partial charge in [0.2, 0.25) is 0 Å². The predicted molar refractivity (Wildman–Crippen MR) is 118 cm³/mol. The first-order valence-electron chi connectivity index (χ1n) is 10.6. The lowest BCUT2D eigenvalue weighted by molar-refractivity contribution is 0.0327. The van der Waals surface area contributed by atoms with E-state index in [2.05, 4.69) is 67.7 Å². The first kappa shape index (κ1) is 25.4. The quantitative estimate of drug-likeness (QED) is 0.290. The van der Waals surface area contributed by atoms with Crippen molar-refractivity contribution in [2.45, 2.75) is 106 Å². The van der Waals surface area contributed by atoms with Crippen LogP contribution in [0.15, 0.2) is 0 Å². The van der Waals surface area contributed by atoms with E-state index in [1.807, 2.05) is 0 Å². The van der Waals surface area contributed by atoms with E-state index < -0.39 is 16.6 Å². The summed E-state index contributed by atoms with van der Waals surface area (Å²) in [5.74, 6) is 1.36. The topological polar surface area (TPSA) is 18.5 Å². The monoisotopic (exact) mass is 388 g/mol. The van der Waals surface area contributed by atoms with Crippen molar-refractivity contribution >= 4 is 16.6 Å². The Morgan fingerprint density at radius 1 is 0.680 bits per heavy atom. The van der Waals surface area contributed by atoms with E-state index in [1.54, 1.807) is 0 Å². The molecule has 0 rings (SSSR count). The third-order valence-corrected chi connectivity index (χ3v) is 10.2. The zero-order chi connectivity index (χ0) is 19.7. The Labute approximate surface area is 161 Å². The van der Waals surface area contributed by atoms with Crippen LogP contribution in [-0.4, -0.2) is 29.8 Å². The zero-order valence-corrected chi connectivity index (χ0v) is 21.1. The average Bonchev–Trinajstić information content (AvgIpc) is 2.42. The van der Waals surface area contributed by atoms with E-state index in [0.717, 1.165) is 13.2 Å². The zero-order valence-electron chi connectivity index (χ0n) is 19.1. The molecule has 0 bridgehead atoms. The lowest BCUT2D eigenvalue weighted by Crippen LogP contribution is -2.44. The second-order valence-corrected chi connectivity index (χ2v) is 18.9. The molecule has 152 valence electrons. The van der Waals surface area contributed by atoms with Crippen molar-refractivity contribution in [1.82, 2.24) is 0 Å². The molecule has 4 heteroatoms. The third kappa shape index (κ3) is 11.6. The van der Waals surface area contributed by atoms with Crippen molar-refractivity contribution in [1.29, 1.82) is 0 Å². The molecule has 25 heavy (non-hydrogen) atoms. The van der Waals surface area contributed by atoms with Gasteiger partial charge in [0.1, 0.15) is 0 Å². The number of hydrogen-bond acceptors (Lipinski definition) is 2. The molecule has 0 unspecified atom stereocenters. The van der Waals surface area contributed by atoms with E-state index in [9.17, 15) is 0 Å². The Morgan fingerprint density at radius 2 is 1.00 bits per heavy atom. The highest BCUT2D eigenvalue weighted by Crippen LogP contribution is 2.37. The van der Waals surface area contributed by atoms with Gasteiger partial charge in [-0.3, -0.25) is 0 Å². The molecule has 0 aliphatic heterocycles. The van der Waals surface area contributed by atoms with Crippen LogP contribution in [-0.2, 0) is 8.85 Å². The maximum atomic E-state index is 6.64. The average molecular weight is 389 g/mol. The van der Waals surface area contributed by atoms with E-state index in [-0.39, 0.29) is 5.41 Å². The van der Waals surface area contributed by atoms with E-state index >= 15 is 0 Å². The fourth-order valence-electron chi connectivity index (χ4n) is 4.14. The van der Waals surface area contributed by atoms with Crippen LogP contribution in [0.3, 0.4) is 0 Å². The van der Waals surface area contributed by atoms with Gasteiger partial charge in [-0.25, -0.2) is 0 Å². The molecule has 0 aromatic carbocycles. The molecule has 0 spiro atoms. The number of rotatable bonds is 14. The minimum atomic E-state index is -1.55. The minimum Gasteiger partial charge on any atom is -0.417 e. The minimum absolute atomic E-state index is 0.179. The van der Waals surface area contributed by atoms with Gasteiger partial charge in [-0.2, -0.15) is 0 Å². The van der Waals surface area contributed by atoms with Crippen molar-refractivity contribution in [3.05, 3.63) is 0 Å². The second kappa shape index (κ2) is 11.3. The van der Waals surface area contributed by atoms with Crippen molar-refractivity contribution < 1.29 is 8.85 Å².